The van der Waals surface area contributed by atoms with Crippen LogP contribution in [0.25, 0.3) is 10.9 Å². The van der Waals surface area contributed by atoms with Crippen molar-refractivity contribution in [2.45, 2.75) is 37.8 Å². The zero-order valence-electron chi connectivity index (χ0n) is 18.7. The number of hydrogen-bond donors (Lipinski definition) is 1. The molecule has 2 unspecified atom stereocenters. The lowest BCUT2D eigenvalue weighted by Gasteiger charge is -2.42. The van der Waals surface area contributed by atoms with Crippen molar-refractivity contribution >= 4 is 38.8 Å². The van der Waals surface area contributed by atoms with Crippen LogP contribution in [0.5, 0.6) is 0 Å². The van der Waals surface area contributed by atoms with Crippen LogP contribution in [-0.4, -0.2) is 63.3 Å². The molecule has 3 aliphatic rings. The van der Waals surface area contributed by atoms with Crippen LogP contribution in [-0.2, 0) is 11.2 Å². The minimum absolute atomic E-state index is 0.0809. The summed E-state index contributed by atoms with van der Waals surface area (Å²) in [7, 11) is 0. The Morgan fingerprint density at radius 3 is 2.58 bits per heavy atom. The molecule has 3 aliphatic heterocycles. The van der Waals surface area contributed by atoms with Crippen LogP contribution in [0.1, 0.15) is 42.6 Å². The van der Waals surface area contributed by atoms with E-state index < -0.39 is 5.54 Å². The molecule has 0 saturated carbocycles. The summed E-state index contributed by atoms with van der Waals surface area (Å²) in [5, 5.41) is 1.11. The molecule has 7 heteroatoms. The Bertz CT molecular complexity index is 1250. The molecule has 0 bridgehead atoms. The van der Waals surface area contributed by atoms with Gasteiger partial charge in [-0.05, 0) is 62.2 Å². The fraction of sp³-hybridized carbons (Fsp3) is 0.385. The van der Waals surface area contributed by atoms with Crippen molar-refractivity contribution in [3.8, 4) is 0 Å². The molecule has 2 aromatic carbocycles. The quantitative estimate of drug-likeness (QED) is 0.522. The van der Waals surface area contributed by atoms with E-state index in [2.05, 4.69) is 37.9 Å². The van der Waals surface area contributed by atoms with Crippen molar-refractivity contribution in [3.63, 3.8) is 0 Å². The summed E-state index contributed by atoms with van der Waals surface area (Å²) < 4.78 is 1.00. The molecule has 2 atom stereocenters. The first kappa shape index (κ1) is 20.9. The zero-order valence-corrected chi connectivity index (χ0v) is 20.3. The van der Waals surface area contributed by atoms with Crippen LogP contribution < -0.4 is 0 Å². The number of imide groups is 1. The Labute approximate surface area is 201 Å². The van der Waals surface area contributed by atoms with Crippen LogP contribution in [0.15, 0.2) is 53.0 Å². The van der Waals surface area contributed by atoms with Crippen molar-refractivity contribution in [2.75, 3.05) is 26.2 Å². The molecule has 2 saturated heterocycles. The number of halogens is 1. The summed E-state index contributed by atoms with van der Waals surface area (Å²) in [6.07, 6.45) is 2.89. The zero-order chi connectivity index (χ0) is 22.7. The van der Waals surface area contributed by atoms with Crippen molar-refractivity contribution in [2.24, 2.45) is 0 Å². The normalized spacial score (nSPS) is 25.2. The highest BCUT2D eigenvalue weighted by atomic mass is 79.9. The highest BCUT2D eigenvalue weighted by molar-refractivity contribution is 9.10. The topological polar surface area (TPSA) is 59.7 Å². The van der Waals surface area contributed by atoms with Crippen molar-refractivity contribution < 1.29 is 9.59 Å². The van der Waals surface area contributed by atoms with E-state index in [-0.39, 0.29) is 18.0 Å². The predicted molar refractivity (Wildman–Crippen MR) is 131 cm³/mol. The molecule has 4 heterocycles. The van der Waals surface area contributed by atoms with Gasteiger partial charge in [0.05, 0.1) is 0 Å². The summed E-state index contributed by atoms with van der Waals surface area (Å²) >= 11 is 3.60. The molecular weight excluding hydrogens is 480 g/mol. The molecule has 0 aliphatic carbocycles. The fourth-order valence-corrected chi connectivity index (χ4v) is 6.27. The van der Waals surface area contributed by atoms with E-state index in [0.717, 1.165) is 51.8 Å². The van der Waals surface area contributed by atoms with Crippen LogP contribution in [0, 0.1) is 0 Å². The summed E-state index contributed by atoms with van der Waals surface area (Å²) in [4.78, 5) is 36.9. The number of amides is 3. The number of carbonyl (C=O) groups is 2. The number of benzene rings is 2. The van der Waals surface area contributed by atoms with Gasteiger partial charge < -0.3 is 9.88 Å². The van der Waals surface area contributed by atoms with Gasteiger partial charge in [0, 0.05) is 40.6 Å². The van der Waals surface area contributed by atoms with Gasteiger partial charge in [-0.25, -0.2) is 4.79 Å². The van der Waals surface area contributed by atoms with E-state index in [9.17, 15) is 9.59 Å². The summed E-state index contributed by atoms with van der Waals surface area (Å²) in [6, 6.07) is 15.7. The number of urea groups is 1. The Kier molecular flexibility index (Phi) is 4.89. The van der Waals surface area contributed by atoms with Crippen molar-refractivity contribution in [1.29, 1.82) is 0 Å². The lowest BCUT2D eigenvalue weighted by Crippen LogP contribution is -2.53. The lowest BCUT2D eigenvalue weighted by molar-refractivity contribution is -0.133. The van der Waals surface area contributed by atoms with Gasteiger partial charge in [0.25, 0.3) is 5.91 Å². The molecule has 6 nitrogen and oxygen atoms in total. The number of H-pyrrole nitrogens is 1. The molecular formula is C26H27BrN4O2. The van der Waals surface area contributed by atoms with Gasteiger partial charge in [0.15, 0.2) is 0 Å². The maximum absolute atomic E-state index is 13.8. The number of nitrogens with one attached hydrogen (secondary N) is 1. The number of carbonyl (C=O) groups excluding carboxylic acids is 2. The average Bonchev–Trinajstić information content (AvgIpc) is 3.50. The van der Waals surface area contributed by atoms with Gasteiger partial charge >= 0.3 is 6.03 Å². The summed E-state index contributed by atoms with van der Waals surface area (Å²) in [5.41, 5.74) is 3.26. The minimum atomic E-state index is -0.910. The predicted octanol–water partition coefficient (Wildman–Crippen LogP) is 4.69. The van der Waals surface area contributed by atoms with Gasteiger partial charge in [-0.3, -0.25) is 14.6 Å². The number of hydrogen-bond acceptors (Lipinski definition) is 3. The minimum Gasteiger partial charge on any atom is -0.356 e. The van der Waals surface area contributed by atoms with Crippen LogP contribution in [0.4, 0.5) is 4.79 Å². The Morgan fingerprint density at radius 1 is 1.06 bits per heavy atom. The third-order valence-electron chi connectivity index (χ3n) is 7.58. The van der Waals surface area contributed by atoms with E-state index >= 15 is 0 Å². The third kappa shape index (κ3) is 3.16. The Morgan fingerprint density at radius 2 is 1.82 bits per heavy atom. The monoisotopic (exact) mass is 506 g/mol. The molecule has 170 valence electrons. The van der Waals surface area contributed by atoms with Crippen molar-refractivity contribution in [1.82, 2.24) is 19.7 Å². The molecule has 33 heavy (non-hydrogen) atoms. The number of aromatic nitrogens is 1. The van der Waals surface area contributed by atoms with Gasteiger partial charge in [-0.1, -0.05) is 46.3 Å². The molecule has 3 amide bonds. The molecule has 6 rings (SSSR count). The molecule has 0 spiro atoms. The van der Waals surface area contributed by atoms with Crippen LogP contribution in [0.2, 0.25) is 0 Å². The van der Waals surface area contributed by atoms with E-state index in [0.29, 0.717) is 13.0 Å². The first-order chi connectivity index (χ1) is 16.0. The van der Waals surface area contributed by atoms with Crippen LogP contribution >= 0.6 is 15.9 Å². The molecule has 2 fully saturated rings. The SMILES string of the molecule is CC12Cc3c([nH]c4ccc(Br)cc34)C(c3ccccc3)N1C(=O)N(CCN1CCCC1)C2=O. The van der Waals surface area contributed by atoms with Crippen molar-refractivity contribution in [3.05, 3.63) is 69.8 Å². The average molecular weight is 507 g/mol. The molecule has 3 aromatic rings. The smallest absolute Gasteiger partial charge is 0.328 e. The molecule has 0 radical (unpaired) electrons. The first-order valence-corrected chi connectivity index (χ1v) is 12.5. The van der Waals surface area contributed by atoms with Gasteiger partial charge in [0.1, 0.15) is 11.6 Å². The van der Waals surface area contributed by atoms with Crippen LogP contribution in [0.3, 0.4) is 0 Å². The maximum Gasteiger partial charge on any atom is 0.328 e. The second-order valence-corrected chi connectivity index (χ2v) is 10.5. The molecule has 1 N–H and O–H groups in total. The second kappa shape index (κ2) is 7.71. The fourth-order valence-electron chi connectivity index (χ4n) is 5.91. The van der Waals surface area contributed by atoms with Gasteiger partial charge in [-0.15, -0.1) is 0 Å². The highest BCUT2D eigenvalue weighted by Crippen LogP contribution is 2.48. The summed E-state index contributed by atoms with van der Waals surface area (Å²) in [5.74, 6) is -0.0809. The van der Waals surface area contributed by atoms with E-state index in [1.807, 2.05) is 48.2 Å². The Balaban J connectivity index is 1.46. The standard InChI is InChI=1S/C26H27BrN4O2/c1-26-16-20-19-15-18(27)9-10-21(19)28-22(20)23(17-7-3-2-4-8-17)31(26)25(33)30(24(26)32)14-13-29-11-5-6-12-29/h2-4,7-10,15,23,28H,5-6,11-14,16H2,1H3. The first-order valence-electron chi connectivity index (χ1n) is 11.7. The summed E-state index contributed by atoms with van der Waals surface area (Å²) in [6.45, 7) is 5.24. The van der Waals surface area contributed by atoms with Gasteiger partial charge in [-0.2, -0.15) is 0 Å². The lowest BCUT2D eigenvalue weighted by atomic mass is 9.81. The highest BCUT2D eigenvalue weighted by Gasteiger charge is 2.60. The maximum atomic E-state index is 13.8. The number of likely N-dealkylation sites (tertiary alicyclic amines) is 1. The number of rotatable bonds is 4. The second-order valence-electron chi connectivity index (χ2n) is 9.63. The Hall–Kier alpha value is -2.64. The third-order valence-corrected chi connectivity index (χ3v) is 8.08. The van der Waals surface area contributed by atoms with Gasteiger partial charge in [0.2, 0.25) is 0 Å². The van der Waals surface area contributed by atoms with E-state index in [4.69, 9.17) is 0 Å². The largest absolute Gasteiger partial charge is 0.356 e. The number of fused-ring (bicyclic) bond motifs is 4. The number of aromatic amines is 1. The van der Waals surface area contributed by atoms with E-state index in [1.54, 1.807) is 0 Å². The molecule has 1 aromatic heterocycles. The van der Waals surface area contributed by atoms with E-state index in [1.165, 1.54) is 17.7 Å². The number of nitrogens with zero attached hydrogens (tertiary/aromatic N) is 3.